The number of carbonyl (C=O) groups excluding carboxylic acids is 1. The van der Waals surface area contributed by atoms with Crippen LogP contribution in [0, 0.1) is 0 Å². The highest BCUT2D eigenvalue weighted by Gasteiger charge is 2.21. The van der Waals surface area contributed by atoms with Crippen molar-refractivity contribution in [2.24, 2.45) is 0 Å². The normalized spacial score (nSPS) is 15.2. The van der Waals surface area contributed by atoms with Crippen molar-refractivity contribution in [2.45, 2.75) is 12.5 Å². The predicted octanol–water partition coefficient (Wildman–Crippen LogP) is 3.20. The van der Waals surface area contributed by atoms with Crippen LogP contribution in [-0.2, 0) is 11.2 Å². The summed E-state index contributed by atoms with van der Waals surface area (Å²) in [5, 5.41) is 8.89. The lowest BCUT2D eigenvalue weighted by atomic mass is 10.0. The molecule has 0 spiro atoms. The Morgan fingerprint density at radius 3 is 2.95 bits per heavy atom. The molecule has 1 aliphatic heterocycles. The second kappa shape index (κ2) is 4.96. The van der Waals surface area contributed by atoms with Crippen LogP contribution in [0.5, 0.6) is 0 Å². The van der Waals surface area contributed by atoms with E-state index in [1.54, 1.807) is 11.3 Å². The van der Waals surface area contributed by atoms with Gasteiger partial charge in [-0.2, -0.15) is 0 Å². The van der Waals surface area contributed by atoms with E-state index in [-0.39, 0.29) is 11.9 Å². The summed E-state index contributed by atoms with van der Waals surface area (Å²) in [6, 6.07) is 8.03. The molecule has 2 N–H and O–H groups in total. The van der Waals surface area contributed by atoms with E-state index in [0.29, 0.717) is 6.42 Å². The molecule has 0 fully saturated rings. The van der Waals surface area contributed by atoms with E-state index in [1.807, 2.05) is 30.6 Å². The standard InChI is InChI=1S/C14H13ClN2OS/c1-16-13(14-10(15)4-5-19-14)8-2-3-11-9(6-8)7-12(18)17-11/h2-6,13,16H,7H2,1H3,(H,17,18). The number of amides is 1. The molecule has 2 aromatic rings. The Kier molecular flexibility index (Phi) is 3.31. The van der Waals surface area contributed by atoms with Crippen LogP contribution in [0.3, 0.4) is 0 Å². The molecule has 5 heteroatoms. The minimum absolute atomic E-state index is 0.0577. The van der Waals surface area contributed by atoms with Gasteiger partial charge in [-0.1, -0.05) is 23.7 Å². The quantitative estimate of drug-likeness (QED) is 0.912. The lowest BCUT2D eigenvalue weighted by Gasteiger charge is -2.16. The smallest absolute Gasteiger partial charge is 0.228 e. The Bertz CT molecular complexity index is 638. The van der Waals surface area contributed by atoms with Gasteiger partial charge in [0.2, 0.25) is 5.91 Å². The highest BCUT2D eigenvalue weighted by Crippen LogP contribution is 2.34. The molecule has 1 aromatic carbocycles. The van der Waals surface area contributed by atoms with Crippen LogP contribution in [0.15, 0.2) is 29.6 Å². The molecule has 0 saturated carbocycles. The Morgan fingerprint density at radius 2 is 2.26 bits per heavy atom. The van der Waals surface area contributed by atoms with Gasteiger partial charge in [0.05, 0.1) is 17.5 Å². The Morgan fingerprint density at radius 1 is 1.42 bits per heavy atom. The molecule has 3 nitrogen and oxygen atoms in total. The Hall–Kier alpha value is -1.36. The second-order valence-corrected chi connectivity index (χ2v) is 5.85. The van der Waals surface area contributed by atoms with E-state index in [0.717, 1.165) is 26.7 Å². The fourth-order valence-corrected chi connectivity index (χ4v) is 3.69. The topological polar surface area (TPSA) is 41.1 Å². The molecule has 1 amide bonds. The van der Waals surface area contributed by atoms with Gasteiger partial charge in [-0.25, -0.2) is 0 Å². The highest BCUT2D eigenvalue weighted by molar-refractivity contribution is 7.10. The van der Waals surface area contributed by atoms with Crippen molar-refractivity contribution >= 4 is 34.5 Å². The molecule has 2 heterocycles. The summed E-state index contributed by atoms with van der Waals surface area (Å²) >= 11 is 7.84. The molecule has 98 valence electrons. The molecule has 1 aliphatic rings. The first-order valence-corrected chi connectivity index (χ1v) is 7.27. The van der Waals surface area contributed by atoms with Gasteiger partial charge in [0.1, 0.15) is 0 Å². The largest absolute Gasteiger partial charge is 0.326 e. The van der Waals surface area contributed by atoms with Crippen LogP contribution in [0.1, 0.15) is 22.0 Å². The summed E-state index contributed by atoms with van der Waals surface area (Å²) in [6.07, 6.45) is 0.456. The van der Waals surface area contributed by atoms with Crippen molar-refractivity contribution in [1.82, 2.24) is 5.32 Å². The number of halogens is 1. The minimum atomic E-state index is 0.0577. The first-order valence-electron chi connectivity index (χ1n) is 6.02. The van der Waals surface area contributed by atoms with Crippen LogP contribution < -0.4 is 10.6 Å². The number of thiophene rings is 1. The van der Waals surface area contributed by atoms with Crippen LogP contribution in [-0.4, -0.2) is 13.0 Å². The fourth-order valence-electron chi connectivity index (χ4n) is 2.39. The van der Waals surface area contributed by atoms with Crippen molar-refractivity contribution in [1.29, 1.82) is 0 Å². The van der Waals surface area contributed by atoms with E-state index in [1.165, 1.54) is 0 Å². The first-order chi connectivity index (χ1) is 9.19. The van der Waals surface area contributed by atoms with Gasteiger partial charge in [0.15, 0.2) is 0 Å². The summed E-state index contributed by atoms with van der Waals surface area (Å²) < 4.78 is 0. The van der Waals surface area contributed by atoms with Crippen molar-refractivity contribution in [2.75, 3.05) is 12.4 Å². The zero-order valence-electron chi connectivity index (χ0n) is 10.4. The Labute approximate surface area is 120 Å². The zero-order valence-corrected chi connectivity index (χ0v) is 11.9. The third kappa shape index (κ3) is 2.27. The van der Waals surface area contributed by atoms with Crippen molar-refractivity contribution in [3.63, 3.8) is 0 Å². The predicted molar refractivity (Wildman–Crippen MR) is 79.0 cm³/mol. The van der Waals surface area contributed by atoms with E-state index in [2.05, 4.69) is 16.7 Å². The first kappa shape index (κ1) is 12.7. The molecule has 0 radical (unpaired) electrons. The van der Waals surface area contributed by atoms with Crippen molar-refractivity contribution < 1.29 is 4.79 Å². The number of hydrogen-bond acceptors (Lipinski definition) is 3. The summed E-state index contributed by atoms with van der Waals surface area (Å²) in [5.74, 6) is 0.0577. The van der Waals surface area contributed by atoms with Gasteiger partial charge in [0.25, 0.3) is 0 Å². The Balaban J connectivity index is 2.00. The van der Waals surface area contributed by atoms with Gasteiger partial charge >= 0.3 is 0 Å². The van der Waals surface area contributed by atoms with Gasteiger partial charge in [0, 0.05) is 10.6 Å². The number of hydrogen-bond donors (Lipinski definition) is 2. The van der Waals surface area contributed by atoms with E-state index in [4.69, 9.17) is 11.6 Å². The number of carbonyl (C=O) groups is 1. The van der Waals surface area contributed by atoms with E-state index >= 15 is 0 Å². The minimum Gasteiger partial charge on any atom is -0.326 e. The third-order valence-electron chi connectivity index (χ3n) is 3.28. The van der Waals surface area contributed by atoms with Crippen molar-refractivity contribution in [3.05, 3.63) is 50.7 Å². The molecule has 0 aliphatic carbocycles. The zero-order chi connectivity index (χ0) is 13.4. The van der Waals surface area contributed by atoms with E-state index in [9.17, 15) is 4.79 Å². The molecule has 3 rings (SSSR count). The van der Waals surface area contributed by atoms with Crippen LogP contribution in [0.25, 0.3) is 0 Å². The van der Waals surface area contributed by atoms with Gasteiger partial charge in [-0.15, -0.1) is 11.3 Å². The molecule has 1 unspecified atom stereocenters. The molecule has 1 aromatic heterocycles. The second-order valence-electron chi connectivity index (χ2n) is 4.50. The molecular formula is C14H13ClN2OS. The number of rotatable bonds is 3. The fraction of sp³-hybridized carbons (Fsp3) is 0.214. The van der Waals surface area contributed by atoms with Gasteiger partial charge < -0.3 is 10.6 Å². The highest BCUT2D eigenvalue weighted by atomic mass is 35.5. The lowest BCUT2D eigenvalue weighted by Crippen LogP contribution is -2.16. The summed E-state index contributed by atoms with van der Waals surface area (Å²) in [6.45, 7) is 0. The van der Waals surface area contributed by atoms with Crippen LogP contribution in [0.2, 0.25) is 5.02 Å². The van der Waals surface area contributed by atoms with Crippen molar-refractivity contribution in [3.8, 4) is 0 Å². The van der Waals surface area contributed by atoms with Gasteiger partial charge in [-0.3, -0.25) is 4.79 Å². The SMILES string of the molecule is CNC(c1ccc2c(c1)CC(=O)N2)c1sccc1Cl. The maximum atomic E-state index is 11.4. The molecule has 1 atom stereocenters. The number of nitrogens with one attached hydrogen (secondary N) is 2. The third-order valence-corrected chi connectivity index (χ3v) is 4.71. The number of benzene rings is 1. The number of fused-ring (bicyclic) bond motifs is 1. The van der Waals surface area contributed by atoms with Gasteiger partial charge in [-0.05, 0) is 35.7 Å². The maximum Gasteiger partial charge on any atom is 0.228 e. The average molecular weight is 293 g/mol. The summed E-state index contributed by atoms with van der Waals surface area (Å²) in [5.41, 5.74) is 3.10. The monoisotopic (exact) mass is 292 g/mol. The average Bonchev–Trinajstić information content (AvgIpc) is 2.95. The molecule has 19 heavy (non-hydrogen) atoms. The number of anilines is 1. The molecule has 0 saturated heterocycles. The lowest BCUT2D eigenvalue weighted by molar-refractivity contribution is -0.115. The maximum absolute atomic E-state index is 11.4. The van der Waals surface area contributed by atoms with E-state index < -0.39 is 0 Å². The molecule has 0 bridgehead atoms. The van der Waals surface area contributed by atoms with Crippen LogP contribution >= 0.6 is 22.9 Å². The molecular weight excluding hydrogens is 280 g/mol. The summed E-state index contributed by atoms with van der Waals surface area (Å²) in [7, 11) is 1.91. The van der Waals surface area contributed by atoms with Crippen LogP contribution in [0.4, 0.5) is 5.69 Å². The summed E-state index contributed by atoms with van der Waals surface area (Å²) in [4.78, 5) is 12.5.